The second-order valence-electron chi connectivity index (χ2n) is 11.0. The molecule has 1 atom stereocenters. The Labute approximate surface area is 267 Å². The first-order valence-electron chi connectivity index (χ1n) is 13.8. The average Bonchev–Trinajstić information content (AvgIpc) is 3.53. The number of hydrazone groups is 1. The van der Waals surface area contributed by atoms with Gasteiger partial charge in [0.05, 0.1) is 50.8 Å². The summed E-state index contributed by atoms with van der Waals surface area (Å²) >= 11 is 3.23. The number of nitrogens with zero attached hydrogens (tertiary/aromatic N) is 2. The van der Waals surface area contributed by atoms with Crippen molar-refractivity contribution in [2.45, 2.75) is 18.3 Å². The van der Waals surface area contributed by atoms with Crippen LogP contribution >= 0.6 is 15.9 Å². The lowest BCUT2D eigenvalue weighted by Crippen LogP contribution is -2.51. The van der Waals surface area contributed by atoms with Gasteiger partial charge in [-0.1, -0.05) is 6.07 Å². The zero-order valence-electron chi connectivity index (χ0n) is 23.9. The molecule has 1 amide bonds. The van der Waals surface area contributed by atoms with E-state index in [2.05, 4.69) is 36.4 Å². The molecule has 2 aromatic heterocycles. The van der Waals surface area contributed by atoms with Gasteiger partial charge in [0.15, 0.2) is 11.2 Å². The van der Waals surface area contributed by atoms with Crippen molar-refractivity contribution in [2.75, 3.05) is 7.11 Å². The summed E-state index contributed by atoms with van der Waals surface area (Å²) in [4.78, 5) is 85.1. The third kappa shape index (κ3) is 3.95. The number of nitrogens with one attached hydrogen (secondary N) is 2. The van der Waals surface area contributed by atoms with Gasteiger partial charge in [-0.25, -0.2) is 5.43 Å². The highest BCUT2D eigenvalue weighted by molar-refractivity contribution is 9.10. The van der Waals surface area contributed by atoms with Crippen LogP contribution in [0.2, 0.25) is 0 Å². The highest BCUT2D eigenvalue weighted by Crippen LogP contribution is 2.54. The van der Waals surface area contributed by atoms with Crippen molar-refractivity contribution in [1.29, 1.82) is 0 Å². The Hall–Kier alpha value is -5.96. The molecule has 5 N–H and O–H groups in total. The van der Waals surface area contributed by atoms with Gasteiger partial charge in [0.2, 0.25) is 16.3 Å². The fourth-order valence-corrected chi connectivity index (χ4v) is 7.05. The number of pyridine rings is 2. The van der Waals surface area contributed by atoms with E-state index in [1.54, 1.807) is 6.07 Å². The maximum Gasteiger partial charge on any atom is 0.272 e. The van der Waals surface area contributed by atoms with E-state index in [-0.39, 0.29) is 40.4 Å². The van der Waals surface area contributed by atoms with Crippen molar-refractivity contribution in [3.8, 4) is 11.5 Å². The molecule has 234 valence electrons. The van der Waals surface area contributed by atoms with Crippen molar-refractivity contribution in [3.05, 3.63) is 136 Å². The van der Waals surface area contributed by atoms with E-state index in [4.69, 9.17) is 4.74 Å². The minimum Gasteiger partial charge on any atom is -0.510 e. The average molecular weight is 699 g/mol. The Morgan fingerprint density at radius 3 is 2.40 bits per heavy atom. The number of rotatable bonds is 4. The third-order valence-electron chi connectivity index (χ3n) is 8.66. The highest BCUT2D eigenvalue weighted by Gasteiger charge is 2.53. The number of hydrogen-bond acceptors (Lipinski definition) is 12. The number of aliphatic hydroxyl groups excluding tert-OH is 2. The Balaban J connectivity index is 1.40. The summed E-state index contributed by atoms with van der Waals surface area (Å²) < 4.78 is 5.34. The number of amides is 1. The molecule has 0 fully saturated rings. The number of hydrogen-bond donors (Lipinski definition) is 5. The lowest BCUT2D eigenvalue weighted by atomic mass is 9.78. The number of carbonyl (C=O) groups excluding carboxylic acids is 1. The predicted molar refractivity (Wildman–Crippen MR) is 170 cm³/mol. The molecule has 1 spiro atoms. The topological polar surface area (TPSA) is 225 Å². The number of phenolic OH excluding ortho intramolecular Hbond substituents is 1. The third-order valence-corrected chi connectivity index (χ3v) is 9.29. The van der Waals surface area contributed by atoms with Gasteiger partial charge in [0, 0.05) is 28.5 Å². The molecule has 4 aliphatic carbocycles. The van der Waals surface area contributed by atoms with Crippen LogP contribution in [0.3, 0.4) is 0 Å². The summed E-state index contributed by atoms with van der Waals surface area (Å²) in [6.07, 6.45) is 4.04. The molecule has 47 heavy (non-hydrogen) atoms. The van der Waals surface area contributed by atoms with Crippen molar-refractivity contribution in [2.24, 2.45) is 5.10 Å². The Bertz CT molecular complexity index is 2790. The van der Waals surface area contributed by atoms with E-state index >= 15 is 0 Å². The van der Waals surface area contributed by atoms with Crippen LogP contribution in [0.15, 0.2) is 70.2 Å². The number of carbonyl (C=O) groups is 1. The number of methoxy groups -OCH3 is 1. The van der Waals surface area contributed by atoms with Crippen molar-refractivity contribution >= 4 is 50.3 Å². The first-order chi connectivity index (χ1) is 22.4. The number of aliphatic hydroxyl groups is 2. The van der Waals surface area contributed by atoms with Gasteiger partial charge in [0.25, 0.3) is 11.5 Å². The van der Waals surface area contributed by atoms with Crippen LogP contribution in [0.5, 0.6) is 11.5 Å². The van der Waals surface area contributed by atoms with Crippen LogP contribution in [0.1, 0.15) is 33.6 Å². The van der Waals surface area contributed by atoms with Crippen LogP contribution in [-0.2, 0) is 11.8 Å². The van der Waals surface area contributed by atoms with Crippen molar-refractivity contribution in [3.63, 3.8) is 0 Å². The van der Waals surface area contributed by atoms with Gasteiger partial charge >= 0.3 is 0 Å². The normalized spacial score (nSPS) is 16.8. The summed E-state index contributed by atoms with van der Waals surface area (Å²) in [6, 6.07) is 5.28. The molecule has 14 nitrogen and oxygen atoms in total. The minimum atomic E-state index is -2.01. The summed E-state index contributed by atoms with van der Waals surface area (Å²) in [6.45, 7) is 0. The zero-order chi connectivity index (χ0) is 33.5. The maximum atomic E-state index is 13.6. The summed E-state index contributed by atoms with van der Waals surface area (Å²) in [5.74, 6) is -3.23. The van der Waals surface area contributed by atoms with Crippen LogP contribution in [0, 0.1) is 10.4 Å². The van der Waals surface area contributed by atoms with E-state index in [9.17, 15) is 44.1 Å². The molecular formula is C32H19BrN4O10. The van der Waals surface area contributed by atoms with E-state index in [1.165, 1.54) is 30.7 Å². The molecule has 0 aliphatic heterocycles. The molecule has 3 aromatic rings. The molecule has 1 unspecified atom stereocenters. The standard InChI is InChI=1S/C32H19BrN4O10/c1-47-17-8-16(38)19-20(24(17)39)26(41)22-21(25(19)40)28(43)32(29(22)44)4-2-11-6-12-7-13(36-31(46)18(12)27(42)23(11)32)9-35-37-30(45)14-3-5-34-10-15(14)33/h3,5-10,42-44H,2,4H2,1H3,(H,36,46)(H,37,45). The number of benzene rings is 1. The van der Waals surface area contributed by atoms with E-state index in [0.717, 1.165) is 13.2 Å². The van der Waals surface area contributed by atoms with E-state index in [1.807, 2.05) is 0 Å². The first-order valence-corrected chi connectivity index (χ1v) is 14.6. The molecule has 0 saturated heterocycles. The quantitative estimate of drug-likeness (QED) is 0.118. The Morgan fingerprint density at radius 1 is 1.02 bits per heavy atom. The van der Waals surface area contributed by atoms with Crippen molar-refractivity contribution < 1.29 is 24.9 Å². The second kappa shape index (κ2) is 10.3. The van der Waals surface area contributed by atoms with Crippen LogP contribution in [-0.4, -0.2) is 44.5 Å². The number of H-pyrrole nitrogens is 1. The first kappa shape index (κ1) is 29.7. The number of ether oxygens (including phenoxy) is 1. The molecule has 4 aliphatic rings. The van der Waals surface area contributed by atoms with Crippen LogP contribution in [0.25, 0.3) is 22.3 Å². The molecular weight excluding hydrogens is 680 g/mol. The maximum absolute atomic E-state index is 13.6. The van der Waals surface area contributed by atoms with E-state index in [0.29, 0.717) is 10.0 Å². The molecule has 0 radical (unpaired) electrons. The van der Waals surface area contributed by atoms with Crippen molar-refractivity contribution in [1.82, 2.24) is 15.4 Å². The van der Waals surface area contributed by atoms with Gasteiger partial charge in [-0.15, -0.1) is 0 Å². The number of phenols is 1. The number of fused-ring (bicyclic) bond motifs is 4. The predicted octanol–water partition coefficient (Wildman–Crippen LogP) is -0.565. The van der Waals surface area contributed by atoms with Gasteiger partial charge in [0.1, 0.15) is 22.7 Å². The molecule has 1 aromatic carbocycles. The zero-order valence-corrected chi connectivity index (χ0v) is 25.5. The molecule has 2 heterocycles. The monoisotopic (exact) mass is 698 g/mol. The minimum absolute atomic E-state index is 0.108. The molecule has 0 saturated carbocycles. The molecule has 7 rings (SSSR count). The van der Waals surface area contributed by atoms with Gasteiger partial charge in [-0.2, -0.15) is 5.10 Å². The number of halogens is 1. The fraction of sp³-hybridized carbons (Fsp3) is 0.125. The van der Waals surface area contributed by atoms with Crippen LogP contribution < -0.4 is 47.9 Å². The summed E-state index contributed by atoms with van der Waals surface area (Å²) in [7, 11) is 1.11. The highest BCUT2D eigenvalue weighted by atomic mass is 79.9. The molecule has 0 bridgehead atoms. The van der Waals surface area contributed by atoms with Crippen LogP contribution in [0.4, 0.5) is 0 Å². The summed E-state index contributed by atoms with van der Waals surface area (Å²) in [5.41, 5.74) is -4.06. The smallest absolute Gasteiger partial charge is 0.272 e. The lowest BCUT2D eigenvalue weighted by Gasteiger charge is -2.27. The van der Waals surface area contributed by atoms with Gasteiger partial charge in [-0.3, -0.25) is 33.8 Å². The largest absolute Gasteiger partial charge is 0.510 e. The van der Waals surface area contributed by atoms with E-state index < -0.39 is 82.5 Å². The van der Waals surface area contributed by atoms with Gasteiger partial charge < -0.3 is 25.0 Å². The second-order valence-corrected chi connectivity index (χ2v) is 11.9. The number of aromatic nitrogens is 2. The lowest BCUT2D eigenvalue weighted by molar-refractivity contribution is 0.0954. The molecule has 15 heteroatoms. The number of aromatic hydroxyl groups is 1. The fourth-order valence-electron chi connectivity index (χ4n) is 6.62. The number of aromatic amines is 1. The number of aryl methyl sites for hydroxylation is 1. The SMILES string of the molecule is COc1cc(=O)c2c(=O)c3c(c(=O)c=2c1=O)=C(O)C1(CCc2cc4cc(C=NNC(=O)c5ccncc5Br)[nH]c(=O)c4c(O)c21)C=3O. The Kier molecular flexibility index (Phi) is 6.50. The van der Waals surface area contributed by atoms with Gasteiger partial charge in [-0.05, 0) is 51.9 Å². The Morgan fingerprint density at radius 2 is 1.72 bits per heavy atom. The summed E-state index contributed by atoms with van der Waals surface area (Å²) in [5, 5.41) is 35.7.